The molecule has 1 aliphatic carbocycles. The third kappa shape index (κ3) is 2.58. The van der Waals surface area contributed by atoms with Gasteiger partial charge in [0.15, 0.2) is 0 Å². The van der Waals surface area contributed by atoms with Crippen molar-refractivity contribution in [3.63, 3.8) is 0 Å². The minimum absolute atomic E-state index is 0.0286. The Kier molecular flexibility index (Phi) is 3.12. The van der Waals surface area contributed by atoms with E-state index >= 15 is 0 Å². The van der Waals surface area contributed by atoms with Crippen LogP contribution < -0.4 is 0 Å². The van der Waals surface area contributed by atoms with Crippen LogP contribution in [-0.4, -0.2) is 16.7 Å². The molecule has 1 N–H and O–H groups in total. The van der Waals surface area contributed by atoms with Gasteiger partial charge in [-0.1, -0.05) is 6.92 Å². The Morgan fingerprint density at radius 2 is 2.27 bits per heavy atom. The topological polar surface area (TPSA) is 33.1 Å². The van der Waals surface area contributed by atoms with E-state index in [4.69, 9.17) is 0 Å². The normalized spacial score (nSPS) is 19.9. The fourth-order valence-electron chi connectivity index (χ4n) is 2.03. The SMILES string of the molecule is CC(CO)(Cc1ccc(Br)cn1)C1CC1. The van der Waals surface area contributed by atoms with Crippen molar-refractivity contribution in [1.29, 1.82) is 0 Å². The first-order valence-electron chi connectivity index (χ1n) is 5.35. The average molecular weight is 270 g/mol. The second kappa shape index (κ2) is 4.22. The molecule has 15 heavy (non-hydrogen) atoms. The molecule has 1 unspecified atom stereocenters. The number of hydrogen-bond acceptors (Lipinski definition) is 2. The lowest BCUT2D eigenvalue weighted by molar-refractivity contribution is 0.118. The number of aliphatic hydroxyl groups excluding tert-OH is 1. The van der Waals surface area contributed by atoms with Crippen LogP contribution in [0.25, 0.3) is 0 Å². The third-order valence-corrected chi connectivity index (χ3v) is 3.77. The molecule has 82 valence electrons. The first-order valence-corrected chi connectivity index (χ1v) is 6.15. The molecule has 1 aromatic rings. The zero-order valence-corrected chi connectivity index (χ0v) is 10.5. The van der Waals surface area contributed by atoms with Crippen molar-refractivity contribution >= 4 is 15.9 Å². The van der Waals surface area contributed by atoms with Crippen LogP contribution in [0.3, 0.4) is 0 Å². The fourth-order valence-corrected chi connectivity index (χ4v) is 2.27. The summed E-state index contributed by atoms with van der Waals surface area (Å²) in [6.45, 7) is 2.42. The minimum atomic E-state index is 0.0286. The van der Waals surface area contributed by atoms with Gasteiger partial charge in [-0.2, -0.15) is 0 Å². The van der Waals surface area contributed by atoms with Gasteiger partial charge in [0.2, 0.25) is 0 Å². The summed E-state index contributed by atoms with van der Waals surface area (Å²) in [5, 5.41) is 9.47. The molecule has 0 saturated heterocycles. The second-order valence-corrected chi connectivity index (χ2v) is 5.65. The standard InChI is InChI=1S/C12H16BrNO/c1-12(8-15,9-2-3-9)6-11-5-4-10(13)7-14-11/h4-5,7,9,15H,2-3,6,8H2,1H3. The Labute approximate surface area is 98.9 Å². The van der Waals surface area contributed by atoms with Gasteiger partial charge in [-0.3, -0.25) is 4.98 Å². The molecule has 0 bridgehead atoms. The lowest BCUT2D eigenvalue weighted by atomic mass is 9.81. The van der Waals surface area contributed by atoms with E-state index in [0.29, 0.717) is 5.92 Å². The lowest BCUT2D eigenvalue weighted by Gasteiger charge is -2.26. The first kappa shape index (κ1) is 11.1. The number of aromatic nitrogens is 1. The van der Waals surface area contributed by atoms with Crippen molar-refractivity contribution < 1.29 is 5.11 Å². The monoisotopic (exact) mass is 269 g/mol. The van der Waals surface area contributed by atoms with Crippen LogP contribution in [0.1, 0.15) is 25.5 Å². The van der Waals surface area contributed by atoms with E-state index in [1.807, 2.05) is 18.3 Å². The van der Waals surface area contributed by atoms with E-state index in [0.717, 1.165) is 16.6 Å². The van der Waals surface area contributed by atoms with Crippen molar-refractivity contribution in [1.82, 2.24) is 4.98 Å². The second-order valence-electron chi connectivity index (χ2n) is 4.73. The summed E-state index contributed by atoms with van der Waals surface area (Å²) in [6.07, 6.45) is 5.21. The summed E-state index contributed by atoms with van der Waals surface area (Å²) in [4.78, 5) is 4.36. The summed E-state index contributed by atoms with van der Waals surface area (Å²) in [7, 11) is 0. The highest BCUT2D eigenvalue weighted by Crippen LogP contribution is 2.46. The smallest absolute Gasteiger partial charge is 0.0491 e. The highest BCUT2D eigenvalue weighted by molar-refractivity contribution is 9.10. The summed E-state index contributed by atoms with van der Waals surface area (Å²) in [6, 6.07) is 4.04. The number of pyridine rings is 1. The predicted octanol–water partition coefficient (Wildman–Crippen LogP) is 2.80. The van der Waals surface area contributed by atoms with Gasteiger partial charge in [0.05, 0.1) is 0 Å². The highest BCUT2D eigenvalue weighted by Gasteiger charge is 2.41. The minimum Gasteiger partial charge on any atom is -0.396 e. The molecule has 1 aromatic heterocycles. The Hall–Kier alpha value is -0.410. The molecule has 3 heteroatoms. The fraction of sp³-hybridized carbons (Fsp3) is 0.583. The lowest BCUT2D eigenvalue weighted by Crippen LogP contribution is -2.27. The largest absolute Gasteiger partial charge is 0.396 e. The zero-order chi connectivity index (χ0) is 10.9. The number of hydrogen-bond donors (Lipinski definition) is 1. The van der Waals surface area contributed by atoms with Crippen LogP contribution in [0, 0.1) is 11.3 Å². The maximum absolute atomic E-state index is 9.47. The van der Waals surface area contributed by atoms with Gasteiger partial charge in [-0.25, -0.2) is 0 Å². The third-order valence-electron chi connectivity index (χ3n) is 3.30. The van der Waals surface area contributed by atoms with Crippen LogP contribution in [0.2, 0.25) is 0 Å². The number of nitrogens with zero attached hydrogens (tertiary/aromatic N) is 1. The van der Waals surface area contributed by atoms with Crippen LogP contribution in [0.4, 0.5) is 0 Å². The number of aliphatic hydroxyl groups is 1. The van der Waals surface area contributed by atoms with E-state index in [2.05, 4.69) is 27.8 Å². The van der Waals surface area contributed by atoms with Crippen LogP contribution >= 0.6 is 15.9 Å². The van der Waals surface area contributed by atoms with E-state index in [1.165, 1.54) is 12.8 Å². The maximum Gasteiger partial charge on any atom is 0.0491 e. The van der Waals surface area contributed by atoms with E-state index in [-0.39, 0.29) is 12.0 Å². The molecule has 1 fully saturated rings. The number of rotatable bonds is 4. The summed E-state index contributed by atoms with van der Waals surface area (Å²) < 4.78 is 1.00. The van der Waals surface area contributed by atoms with Crippen molar-refractivity contribution in [3.05, 3.63) is 28.5 Å². The summed E-state index contributed by atoms with van der Waals surface area (Å²) in [5.74, 6) is 0.688. The predicted molar refractivity (Wildman–Crippen MR) is 63.6 cm³/mol. The molecule has 1 saturated carbocycles. The molecule has 1 heterocycles. The zero-order valence-electron chi connectivity index (χ0n) is 8.91. The van der Waals surface area contributed by atoms with Crippen LogP contribution in [0.15, 0.2) is 22.8 Å². The molecular weight excluding hydrogens is 254 g/mol. The van der Waals surface area contributed by atoms with Gasteiger partial charge < -0.3 is 5.11 Å². The molecule has 0 aromatic carbocycles. The van der Waals surface area contributed by atoms with Crippen molar-refractivity contribution in [2.45, 2.75) is 26.2 Å². The molecule has 0 amide bonds. The van der Waals surface area contributed by atoms with E-state index < -0.39 is 0 Å². The van der Waals surface area contributed by atoms with Gasteiger partial charge in [-0.15, -0.1) is 0 Å². The van der Waals surface area contributed by atoms with Gasteiger partial charge in [0, 0.05) is 23.0 Å². The van der Waals surface area contributed by atoms with Crippen LogP contribution in [0.5, 0.6) is 0 Å². The quantitative estimate of drug-likeness (QED) is 0.912. The van der Waals surface area contributed by atoms with Crippen LogP contribution in [-0.2, 0) is 6.42 Å². The molecule has 1 atom stereocenters. The van der Waals surface area contributed by atoms with Gasteiger partial charge in [0.1, 0.15) is 0 Å². The van der Waals surface area contributed by atoms with Crippen molar-refractivity contribution in [2.75, 3.05) is 6.61 Å². The molecule has 2 rings (SSSR count). The van der Waals surface area contributed by atoms with E-state index in [9.17, 15) is 5.11 Å². The Morgan fingerprint density at radius 3 is 2.73 bits per heavy atom. The Balaban J connectivity index is 2.09. The first-order chi connectivity index (χ1) is 7.14. The molecule has 0 spiro atoms. The van der Waals surface area contributed by atoms with Gasteiger partial charge in [0.25, 0.3) is 0 Å². The summed E-state index contributed by atoms with van der Waals surface area (Å²) >= 11 is 3.37. The molecule has 0 radical (unpaired) electrons. The van der Waals surface area contributed by atoms with Gasteiger partial charge in [-0.05, 0) is 58.7 Å². The van der Waals surface area contributed by atoms with Crippen molar-refractivity contribution in [2.24, 2.45) is 11.3 Å². The molecular formula is C12H16BrNO. The summed E-state index contributed by atoms with van der Waals surface area (Å²) in [5.41, 5.74) is 1.10. The molecule has 0 aliphatic heterocycles. The Morgan fingerprint density at radius 1 is 1.53 bits per heavy atom. The highest BCUT2D eigenvalue weighted by atomic mass is 79.9. The molecule has 2 nitrogen and oxygen atoms in total. The van der Waals surface area contributed by atoms with Crippen molar-refractivity contribution in [3.8, 4) is 0 Å². The van der Waals surface area contributed by atoms with Gasteiger partial charge >= 0.3 is 0 Å². The average Bonchev–Trinajstić information content (AvgIpc) is 3.05. The number of halogens is 1. The molecule has 1 aliphatic rings. The maximum atomic E-state index is 9.47. The van der Waals surface area contributed by atoms with E-state index in [1.54, 1.807) is 0 Å². The Bertz CT molecular complexity index is 334.